The first-order chi connectivity index (χ1) is 24.9. The number of carboxylic acid groups (broad SMARTS) is 2. The maximum absolute atomic E-state index is 13.4. The van der Waals surface area contributed by atoms with E-state index < -0.39 is 59.9 Å². The van der Waals surface area contributed by atoms with E-state index in [1.54, 1.807) is 19.3 Å². The van der Waals surface area contributed by atoms with E-state index in [0.29, 0.717) is 18.4 Å². The molecule has 0 aliphatic rings. The van der Waals surface area contributed by atoms with Crippen LogP contribution in [-0.4, -0.2) is 70.3 Å². The predicted octanol–water partition coefficient (Wildman–Crippen LogP) is 3.74. The first-order valence-electron chi connectivity index (χ1n) is 16.6. The highest BCUT2D eigenvalue weighted by Crippen LogP contribution is 2.29. The molecule has 15 heteroatoms. The van der Waals surface area contributed by atoms with Crippen molar-refractivity contribution in [1.29, 1.82) is 0 Å². The fourth-order valence-corrected chi connectivity index (χ4v) is 5.76. The summed E-state index contributed by atoms with van der Waals surface area (Å²) < 4.78 is 11.3. The molecular formula is C37H40N4O11. The Morgan fingerprint density at radius 2 is 1.56 bits per heavy atom. The molecule has 274 valence electrons. The van der Waals surface area contributed by atoms with Crippen molar-refractivity contribution in [3.63, 3.8) is 0 Å². The van der Waals surface area contributed by atoms with Gasteiger partial charge in [-0.05, 0) is 66.8 Å². The number of aryl methyl sites for hydroxylation is 1. The quantitative estimate of drug-likeness (QED) is 0.0445. The maximum atomic E-state index is 13.4. The molecule has 1 heterocycles. The number of aliphatic carboxylic acids is 2. The van der Waals surface area contributed by atoms with Crippen LogP contribution < -0.4 is 26.2 Å². The molecule has 1 aromatic heterocycles. The van der Waals surface area contributed by atoms with Crippen LogP contribution in [0.15, 0.2) is 77.2 Å². The van der Waals surface area contributed by atoms with Crippen LogP contribution in [0.1, 0.15) is 59.6 Å². The second-order valence-corrected chi connectivity index (χ2v) is 11.8. The molecule has 0 unspecified atom stereocenters. The normalized spacial score (nSPS) is 12.6. The molecule has 4 aromatic rings. The summed E-state index contributed by atoms with van der Waals surface area (Å²) in [6.07, 6.45) is 0.257. The van der Waals surface area contributed by atoms with E-state index >= 15 is 0 Å². The Balaban J connectivity index is 1.40. The third-order valence-electron chi connectivity index (χ3n) is 8.40. The smallest absolute Gasteiger partial charge is 0.326 e. The number of hydroxylamine groups is 1. The summed E-state index contributed by atoms with van der Waals surface area (Å²) in [5.41, 5.74) is 3.00. The summed E-state index contributed by atoms with van der Waals surface area (Å²) in [4.78, 5) is 74.0. The fourth-order valence-electron chi connectivity index (χ4n) is 5.76. The Kier molecular flexibility index (Phi) is 13.5. The van der Waals surface area contributed by atoms with Crippen molar-refractivity contribution in [2.75, 3.05) is 13.3 Å². The number of hydrogen-bond donors (Lipinski definition) is 7. The lowest BCUT2D eigenvalue weighted by molar-refractivity contribution is -0.145. The number of amides is 4. The second-order valence-electron chi connectivity index (χ2n) is 11.8. The molecule has 3 aromatic carbocycles. The molecule has 0 aliphatic carbocycles. The van der Waals surface area contributed by atoms with Gasteiger partial charge in [-0.3, -0.25) is 29.2 Å². The third-order valence-corrected chi connectivity index (χ3v) is 8.40. The van der Waals surface area contributed by atoms with E-state index in [9.17, 15) is 39.1 Å². The van der Waals surface area contributed by atoms with E-state index in [-0.39, 0.29) is 42.5 Å². The Hall–Kier alpha value is -6.22. The van der Waals surface area contributed by atoms with Crippen molar-refractivity contribution in [2.24, 2.45) is 11.8 Å². The Bertz CT molecular complexity index is 1940. The summed E-state index contributed by atoms with van der Waals surface area (Å²) in [5.74, 6) is -7.03. The average molecular weight is 717 g/mol. The lowest BCUT2D eigenvalue weighted by Crippen LogP contribution is -2.45. The summed E-state index contributed by atoms with van der Waals surface area (Å²) >= 11 is 0. The summed E-state index contributed by atoms with van der Waals surface area (Å²) in [6.45, 7) is 3.27. The lowest BCUT2D eigenvalue weighted by Gasteiger charge is -2.24. The number of ether oxygens (including phenoxy) is 1. The van der Waals surface area contributed by atoms with Gasteiger partial charge in [0, 0.05) is 11.5 Å². The number of nitrogens with one attached hydrogen (secondary N) is 4. The molecule has 4 rings (SSSR count). The SMILES string of the molecule is CCOc1cc(-c2ccc(C(=O)NCNC(=O)[C@H](CCc3ccc4ccccc4c3)[C@@H](CC)C(=O)NO)o2)ccc1C(=O)N[C@@H](CC(=O)O)C(=O)O. The van der Waals surface area contributed by atoms with Crippen molar-refractivity contribution < 1.29 is 53.3 Å². The molecule has 0 fully saturated rings. The van der Waals surface area contributed by atoms with Gasteiger partial charge in [0.1, 0.15) is 17.6 Å². The number of furan rings is 1. The van der Waals surface area contributed by atoms with Crippen LogP contribution in [0, 0.1) is 11.8 Å². The van der Waals surface area contributed by atoms with Crippen LogP contribution in [0.5, 0.6) is 5.75 Å². The monoisotopic (exact) mass is 716 g/mol. The van der Waals surface area contributed by atoms with Gasteiger partial charge >= 0.3 is 11.9 Å². The van der Waals surface area contributed by atoms with Crippen LogP contribution in [0.4, 0.5) is 0 Å². The van der Waals surface area contributed by atoms with Crippen molar-refractivity contribution in [3.05, 3.63) is 89.7 Å². The number of fused-ring (bicyclic) bond motifs is 1. The maximum Gasteiger partial charge on any atom is 0.326 e. The zero-order valence-electron chi connectivity index (χ0n) is 28.5. The highest BCUT2D eigenvalue weighted by atomic mass is 16.5. The first-order valence-corrected chi connectivity index (χ1v) is 16.6. The Labute approximate surface area is 298 Å². The van der Waals surface area contributed by atoms with E-state index in [1.807, 2.05) is 42.5 Å². The van der Waals surface area contributed by atoms with Gasteiger partial charge in [0.05, 0.1) is 31.2 Å². The van der Waals surface area contributed by atoms with E-state index in [4.69, 9.17) is 14.3 Å². The molecule has 0 aliphatic heterocycles. The molecule has 7 N–H and O–H groups in total. The molecule has 0 saturated carbocycles. The molecule has 4 amide bonds. The molecule has 0 bridgehead atoms. The lowest BCUT2D eigenvalue weighted by atomic mass is 9.84. The van der Waals surface area contributed by atoms with E-state index in [1.165, 1.54) is 30.3 Å². The van der Waals surface area contributed by atoms with Gasteiger partial charge in [0.2, 0.25) is 11.8 Å². The summed E-state index contributed by atoms with van der Waals surface area (Å²) in [6, 6.07) is 19.4. The van der Waals surface area contributed by atoms with Gasteiger partial charge in [-0.2, -0.15) is 0 Å². The van der Waals surface area contributed by atoms with Crippen molar-refractivity contribution in [3.8, 4) is 17.1 Å². The zero-order chi connectivity index (χ0) is 37.8. The standard InChI is InChI=1S/C37H40N4O11/c1-3-25(35(46)41-50)26(13-10-21-9-11-22-7-5-6-8-23(22)17-21)33(44)38-20-39-36(47)30-16-15-29(52-30)24-12-14-27(31(18-24)51-4-2)34(45)40-28(37(48)49)19-32(42)43/h5-9,11-12,14-18,25-26,28,50H,3-4,10,13,19-20H2,1-2H3,(H,38,44)(H,39,47)(H,40,45)(H,41,46)(H,42,43)(H,48,49)/t25-,26-,28+/m1/s1. The molecular weight excluding hydrogens is 676 g/mol. The minimum atomic E-state index is -1.66. The topological polar surface area (TPSA) is 234 Å². The van der Waals surface area contributed by atoms with Gasteiger partial charge in [-0.25, -0.2) is 10.3 Å². The zero-order valence-corrected chi connectivity index (χ0v) is 28.5. The van der Waals surface area contributed by atoms with Gasteiger partial charge < -0.3 is 35.3 Å². The predicted molar refractivity (Wildman–Crippen MR) is 186 cm³/mol. The third kappa shape index (κ3) is 9.94. The number of carbonyl (C=O) groups excluding carboxylic acids is 4. The molecule has 3 atom stereocenters. The highest BCUT2D eigenvalue weighted by molar-refractivity contribution is 6.00. The minimum Gasteiger partial charge on any atom is -0.493 e. The van der Waals surface area contributed by atoms with E-state index in [0.717, 1.165) is 16.3 Å². The van der Waals surface area contributed by atoms with Crippen LogP contribution in [0.3, 0.4) is 0 Å². The first kappa shape index (κ1) is 38.6. The van der Waals surface area contributed by atoms with Crippen LogP contribution in [0.2, 0.25) is 0 Å². The number of benzene rings is 3. The Morgan fingerprint density at radius 3 is 2.23 bits per heavy atom. The second kappa shape index (κ2) is 18.1. The number of rotatable bonds is 18. The van der Waals surface area contributed by atoms with Gasteiger partial charge in [0.15, 0.2) is 5.76 Å². The molecule has 52 heavy (non-hydrogen) atoms. The van der Waals surface area contributed by atoms with Crippen LogP contribution >= 0.6 is 0 Å². The Morgan fingerprint density at radius 1 is 0.808 bits per heavy atom. The molecule has 15 nitrogen and oxygen atoms in total. The van der Waals surface area contributed by atoms with Crippen molar-refractivity contribution in [2.45, 2.75) is 45.6 Å². The number of carbonyl (C=O) groups is 6. The minimum absolute atomic E-state index is 0.0418. The fraction of sp³-hybridized carbons (Fsp3) is 0.297. The van der Waals surface area contributed by atoms with Crippen LogP contribution in [-0.2, 0) is 25.6 Å². The van der Waals surface area contributed by atoms with Crippen LogP contribution in [0.25, 0.3) is 22.1 Å². The van der Waals surface area contributed by atoms with Crippen molar-refractivity contribution >= 4 is 46.3 Å². The number of hydrogen-bond acceptors (Lipinski definition) is 9. The number of carboxylic acids is 2. The molecule has 0 radical (unpaired) electrons. The molecule has 0 spiro atoms. The van der Waals surface area contributed by atoms with Gasteiger partial charge in [0.25, 0.3) is 11.8 Å². The highest BCUT2D eigenvalue weighted by Gasteiger charge is 2.32. The average Bonchev–Trinajstić information content (AvgIpc) is 3.63. The summed E-state index contributed by atoms with van der Waals surface area (Å²) in [5, 5.41) is 37.1. The van der Waals surface area contributed by atoms with E-state index in [2.05, 4.69) is 16.0 Å². The van der Waals surface area contributed by atoms with Crippen molar-refractivity contribution in [1.82, 2.24) is 21.4 Å². The van der Waals surface area contributed by atoms with Gasteiger partial charge in [-0.15, -0.1) is 0 Å². The van der Waals surface area contributed by atoms with Gasteiger partial charge in [-0.1, -0.05) is 55.5 Å². The summed E-state index contributed by atoms with van der Waals surface area (Å²) in [7, 11) is 0. The molecule has 0 saturated heterocycles. The largest absolute Gasteiger partial charge is 0.493 e.